The fraction of sp³-hybridized carbons (Fsp3) is 0.143. The van der Waals surface area contributed by atoms with Gasteiger partial charge >= 0.3 is 0 Å². The molecule has 0 aliphatic carbocycles. The van der Waals surface area contributed by atoms with Crippen LogP contribution in [0.25, 0.3) is 0 Å². The van der Waals surface area contributed by atoms with Crippen LogP contribution in [-0.4, -0.2) is 0 Å². The van der Waals surface area contributed by atoms with Gasteiger partial charge in [-0.3, -0.25) is 0 Å². The first-order chi connectivity index (χ1) is 5.86. The zero-order valence-corrected chi connectivity index (χ0v) is 8.52. The van der Waals surface area contributed by atoms with Crippen molar-refractivity contribution in [3.8, 4) is 0 Å². The Balaban J connectivity index is 2.51. The van der Waals surface area contributed by atoms with E-state index >= 15 is 0 Å². The lowest BCUT2D eigenvalue weighted by atomic mass is 10.2. The second-order valence-electron chi connectivity index (χ2n) is 2.11. The van der Waals surface area contributed by atoms with E-state index in [1.165, 1.54) is 0 Å². The average molecular weight is 225 g/mol. The largest absolute Gasteiger partial charge is 0.225 e. The van der Waals surface area contributed by atoms with E-state index in [0.717, 1.165) is 5.56 Å². The molecule has 0 aliphatic heterocycles. The molecule has 0 saturated carbocycles. The number of halogens is 2. The summed E-state index contributed by atoms with van der Waals surface area (Å²) in [5.74, 6) is 0. The Morgan fingerprint density at radius 1 is 1.08 bits per heavy atom. The fourth-order valence-corrected chi connectivity index (χ4v) is 1.97. The molecule has 0 atom stereocenters. The molecule has 5 heteroatoms. The summed E-state index contributed by atoms with van der Waals surface area (Å²) in [6, 6.07) is 9.73. The minimum atomic E-state index is -1.20. The summed E-state index contributed by atoms with van der Waals surface area (Å²) in [4.78, 5) is 0. The molecule has 0 N–H and O–H groups in total. The first-order valence-electron chi connectivity index (χ1n) is 3.25. The predicted octanol–water partition coefficient (Wildman–Crippen LogP) is 3.84. The topological polar surface area (TPSA) is 18.5 Å². The Kier molecular flexibility index (Phi) is 4.89. The van der Waals surface area contributed by atoms with E-state index in [9.17, 15) is 0 Å². The van der Waals surface area contributed by atoms with E-state index in [1.807, 2.05) is 30.3 Å². The smallest absolute Gasteiger partial charge is 0.217 e. The molecule has 0 saturated heterocycles. The molecule has 0 spiro atoms. The van der Waals surface area contributed by atoms with Gasteiger partial charge in [-0.2, -0.15) is 0 Å². The highest BCUT2D eigenvalue weighted by atomic mass is 35.5. The van der Waals surface area contributed by atoms with E-state index in [2.05, 4.69) is 8.15 Å². The van der Waals surface area contributed by atoms with E-state index in [1.54, 1.807) is 0 Å². The third kappa shape index (κ3) is 3.26. The molecule has 0 amide bonds. The van der Waals surface area contributed by atoms with E-state index in [4.69, 9.17) is 23.7 Å². The summed E-state index contributed by atoms with van der Waals surface area (Å²) in [6.07, 6.45) is 0.600. The maximum atomic E-state index is 5.14. The van der Waals surface area contributed by atoms with Gasteiger partial charge in [0, 0.05) is 6.16 Å². The summed E-state index contributed by atoms with van der Waals surface area (Å²) in [5, 5.41) is 0. The molecule has 1 aromatic carbocycles. The Bertz CT molecular complexity index is 216. The maximum absolute atomic E-state index is 5.14. The van der Waals surface area contributed by atoms with Gasteiger partial charge in [-0.15, -0.1) is 0 Å². The van der Waals surface area contributed by atoms with Gasteiger partial charge in [-0.05, 0) is 5.56 Å². The minimum Gasteiger partial charge on any atom is -0.225 e. The number of hydrogen-bond donors (Lipinski definition) is 0. The monoisotopic (exact) mass is 224 g/mol. The van der Waals surface area contributed by atoms with Crippen molar-refractivity contribution in [3.05, 3.63) is 35.9 Å². The number of hydrogen-bond acceptors (Lipinski definition) is 2. The van der Waals surface area contributed by atoms with E-state index in [-0.39, 0.29) is 0 Å². The quantitative estimate of drug-likeness (QED) is 0.724. The lowest BCUT2D eigenvalue weighted by molar-refractivity contribution is 0.548. The van der Waals surface area contributed by atoms with Crippen LogP contribution in [0.2, 0.25) is 0 Å². The van der Waals surface area contributed by atoms with Crippen LogP contribution in [0.15, 0.2) is 30.3 Å². The van der Waals surface area contributed by atoms with Crippen LogP contribution in [-0.2, 0) is 14.3 Å². The van der Waals surface area contributed by atoms with E-state index in [0.29, 0.717) is 6.16 Å². The molecule has 0 fully saturated rings. The van der Waals surface area contributed by atoms with Crippen LogP contribution in [0, 0.1) is 0 Å². The second kappa shape index (κ2) is 5.74. The van der Waals surface area contributed by atoms with Crippen LogP contribution in [0.1, 0.15) is 5.56 Å². The normalized spacial score (nSPS) is 10.6. The molecule has 0 bridgehead atoms. The van der Waals surface area contributed by atoms with Gasteiger partial charge in [0.2, 0.25) is 8.38 Å². The first kappa shape index (κ1) is 10.2. The van der Waals surface area contributed by atoms with Crippen molar-refractivity contribution < 1.29 is 8.15 Å². The fourth-order valence-electron chi connectivity index (χ4n) is 0.792. The standard InChI is InChI=1S/C7H7Cl2O2P/c8-10-12(11-9)6-7-4-2-1-3-5-7/h1-5H,6H2. The number of benzene rings is 1. The van der Waals surface area contributed by atoms with Crippen molar-refractivity contribution >= 4 is 32.1 Å². The zero-order chi connectivity index (χ0) is 8.81. The van der Waals surface area contributed by atoms with Gasteiger partial charge in [0.1, 0.15) is 0 Å². The molecule has 0 radical (unpaired) electrons. The summed E-state index contributed by atoms with van der Waals surface area (Å²) >= 11 is 10.3. The summed E-state index contributed by atoms with van der Waals surface area (Å²) < 4.78 is 8.97. The first-order valence-corrected chi connectivity index (χ1v) is 5.23. The molecule has 1 aromatic rings. The third-order valence-electron chi connectivity index (χ3n) is 1.31. The Morgan fingerprint density at radius 3 is 2.17 bits per heavy atom. The van der Waals surface area contributed by atoms with Crippen molar-refractivity contribution in [1.82, 2.24) is 0 Å². The molecular formula is C7H7Cl2O2P. The highest BCUT2D eigenvalue weighted by molar-refractivity contribution is 7.48. The SMILES string of the molecule is ClOP(Cc1ccccc1)OCl. The van der Waals surface area contributed by atoms with Gasteiger partial charge in [0.05, 0.1) is 23.7 Å². The molecule has 66 valence electrons. The van der Waals surface area contributed by atoms with Gasteiger partial charge in [-0.25, -0.2) is 8.15 Å². The highest BCUT2D eigenvalue weighted by Gasteiger charge is 2.09. The van der Waals surface area contributed by atoms with Gasteiger partial charge in [-0.1, -0.05) is 30.3 Å². The molecule has 0 heterocycles. The maximum Gasteiger partial charge on any atom is 0.217 e. The van der Waals surface area contributed by atoms with Gasteiger partial charge in [0.15, 0.2) is 0 Å². The minimum absolute atomic E-state index is 0.600. The molecule has 0 aliphatic rings. The Hall–Kier alpha value is 0.150. The Morgan fingerprint density at radius 2 is 1.67 bits per heavy atom. The molecule has 12 heavy (non-hydrogen) atoms. The van der Waals surface area contributed by atoms with Gasteiger partial charge < -0.3 is 0 Å². The van der Waals surface area contributed by atoms with Crippen molar-refractivity contribution in [2.24, 2.45) is 0 Å². The third-order valence-corrected chi connectivity index (χ3v) is 3.16. The molecule has 1 rings (SSSR count). The summed E-state index contributed by atoms with van der Waals surface area (Å²) in [7, 11) is -1.20. The van der Waals surface area contributed by atoms with Crippen LogP contribution in [0.3, 0.4) is 0 Å². The number of rotatable bonds is 4. The van der Waals surface area contributed by atoms with Crippen molar-refractivity contribution in [2.75, 3.05) is 0 Å². The zero-order valence-electron chi connectivity index (χ0n) is 6.11. The summed E-state index contributed by atoms with van der Waals surface area (Å²) in [6.45, 7) is 0. The average Bonchev–Trinajstić information content (AvgIpc) is 2.16. The van der Waals surface area contributed by atoms with Crippen molar-refractivity contribution in [1.29, 1.82) is 0 Å². The Labute approximate surface area is 82.6 Å². The van der Waals surface area contributed by atoms with Gasteiger partial charge in [0.25, 0.3) is 0 Å². The molecular weight excluding hydrogens is 218 g/mol. The van der Waals surface area contributed by atoms with Crippen molar-refractivity contribution in [2.45, 2.75) is 6.16 Å². The molecule has 0 unspecified atom stereocenters. The molecule has 2 nitrogen and oxygen atoms in total. The van der Waals surface area contributed by atoms with Crippen LogP contribution in [0.5, 0.6) is 0 Å². The van der Waals surface area contributed by atoms with Crippen molar-refractivity contribution in [3.63, 3.8) is 0 Å². The van der Waals surface area contributed by atoms with E-state index < -0.39 is 8.38 Å². The lowest BCUT2D eigenvalue weighted by Gasteiger charge is -2.06. The lowest BCUT2D eigenvalue weighted by Crippen LogP contribution is -1.82. The van der Waals surface area contributed by atoms with Crippen LogP contribution in [0.4, 0.5) is 0 Å². The van der Waals surface area contributed by atoms with Crippen LogP contribution < -0.4 is 0 Å². The highest BCUT2D eigenvalue weighted by Crippen LogP contribution is 2.44. The predicted molar refractivity (Wildman–Crippen MR) is 50.9 cm³/mol. The second-order valence-corrected chi connectivity index (χ2v) is 4.20. The van der Waals surface area contributed by atoms with Crippen LogP contribution >= 0.6 is 32.1 Å². The molecule has 0 aromatic heterocycles. The summed E-state index contributed by atoms with van der Waals surface area (Å²) in [5.41, 5.74) is 1.09.